The maximum atomic E-state index is 9.11. The van der Waals surface area contributed by atoms with Gasteiger partial charge in [0.1, 0.15) is 17.5 Å². The maximum absolute atomic E-state index is 9.11. The lowest BCUT2D eigenvalue weighted by Crippen LogP contribution is -2.25. The van der Waals surface area contributed by atoms with Crippen molar-refractivity contribution < 1.29 is 5.11 Å². The first-order chi connectivity index (χ1) is 9.93. The van der Waals surface area contributed by atoms with Gasteiger partial charge in [0.25, 0.3) is 0 Å². The van der Waals surface area contributed by atoms with Crippen molar-refractivity contribution in [3.05, 3.63) is 11.4 Å². The van der Waals surface area contributed by atoms with Crippen molar-refractivity contribution >= 4 is 11.6 Å². The van der Waals surface area contributed by atoms with Crippen LogP contribution in [0.15, 0.2) is 0 Å². The van der Waals surface area contributed by atoms with Crippen LogP contribution in [0, 0.1) is 12.3 Å². The van der Waals surface area contributed by atoms with E-state index in [2.05, 4.69) is 48.3 Å². The minimum atomic E-state index is 0.0372. The highest BCUT2D eigenvalue weighted by Crippen LogP contribution is 2.24. The highest BCUT2D eigenvalue weighted by Gasteiger charge is 2.18. The first kappa shape index (κ1) is 17.7. The first-order valence-electron chi connectivity index (χ1n) is 7.89. The van der Waals surface area contributed by atoms with Crippen molar-refractivity contribution in [2.24, 2.45) is 5.41 Å². The molecule has 0 bridgehead atoms. The van der Waals surface area contributed by atoms with Gasteiger partial charge in [-0.2, -0.15) is 0 Å². The molecule has 0 atom stereocenters. The van der Waals surface area contributed by atoms with Crippen molar-refractivity contribution in [2.75, 3.05) is 30.3 Å². The number of anilines is 2. The Labute approximate surface area is 128 Å². The number of aliphatic hydroxyl groups excluding tert-OH is 1. The third kappa shape index (κ3) is 5.50. The Hall–Kier alpha value is -1.36. The number of hydrogen-bond donors (Lipinski definition) is 3. The highest BCUT2D eigenvalue weighted by molar-refractivity contribution is 5.57. The van der Waals surface area contributed by atoms with Gasteiger partial charge in [-0.1, -0.05) is 27.7 Å². The van der Waals surface area contributed by atoms with E-state index in [1.165, 1.54) is 0 Å². The Morgan fingerprint density at radius 1 is 1.10 bits per heavy atom. The molecule has 0 fully saturated rings. The van der Waals surface area contributed by atoms with E-state index in [1.54, 1.807) is 0 Å². The van der Waals surface area contributed by atoms with E-state index in [1.807, 2.05) is 6.92 Å². The summed E-state index contributed by atoms with van der Waals surface area (Å²) >= 11 is 0. The van der Waals surface area contributed by atoms with E-state index < -0.39 is 0 Å². The second-order valence-electron chi connectivity index (χ2n) is 6.23. The van der Waals surface area contributed by atoms with E-state index in [4.69, 9.17) is 5.11 Å². The zero-order chi connectivity index (χ0) is 15.9. The standard InChI is InChI=1S/C16H30N4O/c1-6-9-17-14-12(3)15(20-13(7-2)19-14)18-11-16(4,5)8-10-21/h21H,6-11H2,1-5H3,(H2,17,18,19,20). The Morgan fingerprint density at radius 3 is 2.24 bits per heavy atom. The minimum absolute atomic E-state index is 0.0372. The largest absolute Gasteiger partial charge is 0.396 e. The molecule has 1 heterocycles. The van der Waals surface area contributed by atoms with Crippen molar-refractivity contribution in [2.45, 2.75) is 53.9 Å². The van der Waals surface area contributed by atoms with E-state index in [9.17, 15) is 0 Å². The van der Waals surface area contributed by atoms with E-state index in [-0.39, 0.29) is 12.0 Å². The average Bonchev–Trinajstić information content (AvgIpc) is 2.45. The topological polar surface area (TPSA) is 70.1 Å². The fourth-order valence-electron chi connectivity index (χ4n) is 2.02. The number of rotatable bonds is 9. The molecular weight excluding hydrogens is 264 g/mol. The number of nitrogens with zero attached hydrogens (tertiary/aromatic N) is 2. The van der Waals surface area contributed by atoms with Gasteiger partial charge in [-0.05, 0) is 25.2 Å². The Balaban J connectivity index is 2.89. The summed E-state index contributed by atoms with van der Waals surface area (Å²) in [6, 6.07) is 0. The normalized spacial score (nSPS) is 11.5. The number of nitrogens with one attached hydrogen (secondary N) is 2. The maximum Gasteiger partial charge on any atom is 0.134 e. The molecule has 1 rings (SSSR count). The molecule has 1 aromatic rings. The Bertz CT molecular complexity index is 446. The van der Waals surface area contributed by atoms with Gasteiger partial charge in [-0.3, -0.25) is 0 Å². The molecule has 5 heteroatoms. The van der Waals surface area contributed by atoms with Crippen LogP contribution in [0.1, 0.15) is 51.9 Å². The van der Waals surface area contributed by atoms with Gasteiger partial charge in [-0.25, -0.2) is 9.97 Å². The molecular formula is C16H30N4O. The second kappa shape index (κ2) is 8.17. The van der Waals surface area contributed by atoms with Crippen LogP contribution >= 0.6 is 0 Å². The number of aryl methyl sites for hydroxylation is 1. The van der Waals surface area contributed by atoms with Gasteiger partial charge in [0.05, 0.1) is 0 Å². The first-order valence-corrected chi connectivity index (χ1v) is 7.89. The van der Waals surface area contributed by atoms with E-state index >= 15 is 0 Å². The van der Waals surface area contributed by atoms with Crippen LogP contribution in [0.5, 0.6) is 0 Å². The Morgan fingerprint density at radius 2 is 1.71 bits per heavy atom. The number of aromatic nitrogens is 2. The predicted octanol–water partition coefficient (Wildman–Crippen LogP) is 2.99. The second-order valence-corrected chi connectivity index (χ2v) is 6.23. The monoisotopic (exact) mass is 294 g/mol. The van der Waals surface area contributed by atoms with Crippen LogP contribution in [0.25, 0.3) is 0 Å². The zero-order valence-corrected chi connectivity index (χ0v) is 14.1. The molecule has 0 spiro atoms. The summed E-state index contributed by atoms with van der Waals surface area (Å²) in [7, 11) is 0. The number of hydrogen-bond acceptors (Lipinski definition) is 5. The summed E-state index contributed by atoms with van der Waals surface area (Å²) in [6.07, 6.45) is 2.65. The fourth-order valence-corrected chi connectivity index (χ4v) is 2.02. The van der Waals surface area contributed by atoms with Crippen LogP contribution in [0.4, 0.5) is 11.6 Å². The van der Waals surface area contributed by atoms with Crippen molar-refractivity contribution in [1.29, 1.82) is 0 Å². The van der Waals surface area contributed by atoms with Gasteiger partial charge in [-0.15, -0.1) is 0 Å². The summed E-state index contributed by atoms with van der Waals surface area (Å²) < 4.78 is 0. The van der Waals surface area contributed by atoms with Crippen molar-refractivity contribution in [3.8, 4) is 0 Å². The molecule has 0 amide bonds. The summed E-state index contributed by atoms with van der Waals surface area (Å²) in [5.41, 5.74) is 1.09. The predicted molar refractivity (Wildman–Crippen MR) is 88.9 cm³/mol. The van der Waals surface area contributed by atoms with Crippen molar-refractivity contribution in [1.82, 2.24) is 9.97 Å². The van der Waals surface area contributed by atoms with E-state index in [0.717, 1.165) is 55.4 Å². The van der Waals surface area contributed by atoms with Gasteiger partial charge in [0.15, 0.2) is 0 Å². The molecule has 21 heavy (non-hydrogen) atoms. The SMILES string of the molecule is CCCNc1nc(CC)nc(NCC(C)(C)CCO)c1C. The van der Waals surface area contributed by atoms with Gasteiger partial charge in [0, 0.05) is 31.7 Å². The van der Waals surface area contributed by atoms with Crippen LogP contribution < -0.4 is 10.6 Å². The lowest BCUT2D eigenvalue weighted by molar-refractivity contribution is 0.220. The van der Waals surface area contributed by atoms with E-state index in [0.29, 0.717) is 0 Å². The Kier molecular flexibility index (Phi) is 6.89. The molecule has 0 aliphatic rings. The molecule has 0 unspecified atom stereocenters. The molecule has 0 aliphatic heterocycles. The lowest BCUT2D eigenvalue weighted by atomic mass is 9.90. The van der Waals surface area contributed by atoms with Crippen molar-refractivity contribution in [3.63, 3.8) is 0 Å². The summed E-state index contributed by atoms with van der Waals surface area (Å²) in [6.45, 7) is 12.4. The van der Waals surface area contributed by atoms with Gasteiger partial charge < -0.3 is 15.7 Å². The molecule has 0 saturated heterocycles. The molecule has 0 aliphatic carbocycles. The molecule has 0 saturated carbocycles. The summed E-state index contributed by atoms with van der Waals surface area (Å²) in [5.74, 6) is 2.67. The average molecular weight is 294 g/mol. The smallest absolute Gasteiger partial charge is 0.134 e. The zero-order valence-electron chi connectivity index (χ0n) is 14.1. The molecule has 0 radical (unpaired) electrons. The quantitative estimate of drug-likeness (QED) is 0.653. The fraction of sp³-hybridized carbons (Fsp3) is 0.750. The third-order valence-electron chi connectivity index (χ3n) is 3.57. The molecule has 3 N–H and O–H groups in total. The molecule has 1 aromatic heterocycles. The summed E-state index contributed by atoms with van der Waals surface area (Å²) in [4.78, 5) is 9.17. The minimum Gasteiger partial charge on any atom is -0.396 e. The van der Waals surface area contributed by atoms with Crippen LogP contribution in [-0.2, 0) is 6.42 Å². The molecule has 0 aromatic carbocycles. The third-order valence-corrected chi connectivity index (χ3v) is 3.57. The highest BCUT2D eigenvalue weighted by atomic mass is 16.3. The molecule has 120 valence electrons. The van der Waals surface area contributed by atoms with Gasteiger partial charge in [0.2, 0.25) is 0 Å². The van der Waals surface area contributed by atoms with Crippen LogP contribution in [-0.4, -0.2) is 34.8 Å². The van der Waals surface area contributed by atoms with Crippen LogP contribution in [0.3, 0.4) is 0 Å². The number of aliphatic hydroxyl groups is 1. The lowest BCUT2D eigenvalue weighted by Gasteiger charge is -2.25. The van der Waals surface area contributed by atoms with Gasteiger partial charge >= 0.3 is 0 Å². The summed E-state index contributed by atoms with van der Waals surface area (Å²) in [5, 5.41) is 15.9. The van der Waals surface area contributed by atoms with Crippen LogP contribution in [0.2, 0.25) is 0 Å². The molecule has 5 nitrogen and oxygen atoms in total.